The van der Waals surface area contributed by atoms with Gasteiger partial charge in [0.1, 0.15) is 11.3 Å². The van der Waals surface area contributed by atoms with Crippen molar-refractivity contribution in [2.75, 3.05) is 17.6 Å². The van der Waals surface area contributed by atoms with Crippen LogP contribution < -0.4 is 11.1 Å². The van der Waals surface area contributed by atoms with Gasteiger partial charge in [-0.3, -0.25) is 0 Å². The van der Waals surface area contributed by atoms with E-state index in [2.05, 4.69) is 20.3 Å². The average Bonchev–Trinajstić information content (AvgIpc) is 2.67. The van der Waals surface area contributed by atoms with Crippen LogP contribution in [0.2, 0.25) is 0 Å². The van der Waals surface area contributed by atoms with Crippen molar-refractivity contribution in [1.29, 1.82) is 0 Å². The number of aromatic nitrogens is 3. The molecule has 4 N–H and O–H groups in total. The van der Waals surface area contributed by atoms with Crippen LogP contribution >= 0.6 is 0 Å². The quantitative estimate of drug-likeness (QED) is 0.575. The maximum atomic E-state index is 5.80. The van der Waals surface area contributed by atoms with Crippen molar-refractivity contribution in [2.24, 2.45) is 0 Å². The van der Waals surface area contributed by atoms with Crippen molar-refractivity contribution in [3.8, 4) is 0 Å². The smallest absolute Gasteiger partial charge is 0.151 e. The standard InChI is InChI=1S/C9H11N5/c10-8-7-6(12-4-13-7)5-2-1-3-11-9(5)14-8/h4H,1-3H2,(H,12,13)(H3,10,11,14). The molecule has 0 radical (unpaired) electrons. The van der Waals surface area contributed by atoms with Crippen LogP contribution in [0.4, 0.5) is 11.6 Å². The molecule has 0 amide bonds. The Bertz CT molecular complexity index is 487. The van der Waals surface area contributed by atoms with E-state index >= 15 is 0 Å². The first kappa shape index (κ1) is 7.61. The highest BCUT2D eigenvalue weighted by molar-refractivity contribution is 5.90. The van der Waals surface area contributed by atoms with Gasteiger partial charge in [-0.15, -0.1) is 0 Å². The Kier molecular flexibility index (Phi) is 1.41. The summed E-state index contributed by atoms with van der Waals surface area (Å²) in [6, 6.07) is 0. The van der Waals surface area contributed by atoms with Crippen LogP contribution in [-0.4, -0.2) is 21.5 Å². The van der Waals surface area contributed by atoms with Crippen molar-refractivity contribution >= 4 is 22.7 Å². The van der Waals surface area contributed by atoms with Crippen LogP contribution in [0.1, 0.15) is 12.0 Å². The van der Waals surface area contributed by atoms with E-state index in [0.717, 1.165) is 36.2 Å². The molecule has 2 aromatic rings. The number of rotatable bonds is 0. The van der Waals surface area contributed by atoms with Gasteiger partial charge in [0.15, 0.2) is 5.82 Å². The predicted molar refractivity (Wildman–Crippen MR) is 55.1 cm³/mol. The topological polar surface area (TPSA) is 79.6 Å². The summed E-state index contributed by atoms with van der Waals surface area (Å²) in [5.74, 6) is 1.42. The number of hydrogen-bond acceptors (Lipinski definition) is 4. The van der Waals surface area contributed by atoms with Crippen LogP contribution in [0, 0.1) is 0 Å². The van der Waals surface area contributed by atoms with Gasteiger partial charge in [0, 0.05) is 12.1 Å². The molecular weight excluding hydrogens is 178 g/mol. The Labute approximate surface area is 80.7 Å². The number of fused-ring (bicyclic) bond motifs is 3. The average molecular weight is 189 g/mol. The molecule has 0 saturated carbocycles. The third-order valence-corrected chi connectivity index (χ3v) is 2.60. The summed E-state index contributed by atoms with van der Waals surface area (Å²) in [7, 11) is 0. The van der Waals surface area contributed by atoms with Gasteiger partial charge >= 0.3 is 0 Å². The van der Waals surface area contributed by atoms with Crippen molar-refractivity contribution in [3.05, 3.63) is 11.9 Å². The Morgan fingerprint density at radius 3 is 3.29 bits per heavy atom. The van der Waals surface area contributed by atoms with Gasteiger partial charge in [-0.25, -0.2) is 9.97 Å². The number of pyridine rings is 1. The molecule has 2 aromatic heterocycles. The number of aryl methyl sites for hydroxylation is 1. The van der Waals surface area contributed by atoms with E-state index in [1.165, 1.54) is 5.56 Å². The number of hydrogen-bond donors (Lipinski definition) is 3. The Balaban J connectivity index is 2.38. The molecule has 0 bridgehead atoms. The van der Waals surface area contributed by atoms with Crippen LogP contribution in [0.3, 0.4) is 0 Å². The number of H-pyrrole nitrogens is 1. The monoisotopic (exact) mass is 189 g/mol. The Morgan fingerprint density at radius 2 is 2.36 bits per heavy atom. The number of nitrogens with two attached hydrogens (primary N) is 1. The first-order valence-corrected chi connectivity index (χ1v) is 4.71. The third-order valence-electron chi connectivity index (χ3n) is 2.60. The van der Waals surface area contributed by atoms with Gasteiger partial charge in [0.25, 0.3) is 0 Å². The minimum Gasteiger partial charge on any atom is -0.382 e. The number of anilines is 2. The first-order valence-electron chi connectivity index (χ1n) is 4.71. The molecule has 0 fully saturated rings. The molecule has 0 atom stereocenters. The fraction of sp³-hybridized carbons (Fsp3) is 0.333. The highest BCUT2D eigenvalue weighted by atomic mass is 15.1. The number of imidazole rings is 1. The first-order chi connectivity index (χ1) is 6.86. The lowest BCUT2D eigenvalue weighted by molar-refractivity contribution is 0.824. The molecule has 14 heavy (non-hydrogen) atoms. The van der Waals surface area contributed by atoms with Crippen molar-refractivity contribution < 1.29 is 0 Å². The molecule has 0 aromatic carbocycles. The molecule has 0 aliphatic carbocycles. The van der Waals surface area contributed by atoms with Crippen molar-refractivity contribution in [2.45, 2.75) is 12.8 Å². The molecule has 0 unspecified atom stereocenters. The molecule has 0 saturated heterocycles. The van der Waals surface area contributed by atoms with E-state index in [9.17, 15) is 0 Å². The summed E-state index contributed by atoms with van der Waals surface area (Å²) >= 11 is 0. The van der Waals surface area contributed by atoms with Crippen LogP contribution in [0.15, 0.2) is 6.33 Å². The van der Waals surface area contributed by atoms with Gasteiger partial charge in [-0.1, -0.05) is 0 Å². The van der Waals surface area contributed by atoms with Gasteiger partial charge < -0.3 is 16.0 Å². The lowest BCUT2D eigenvalue weighted by atomic mass is 10.1. The number of nitrogen functional groups attached to an aromatic ring is 1. The second-order valence-corrected chi connectivity index (χ2v) is 3.48. The normalized spacial score (nSPS) is 15.1. The second-order valence-electron chi connectivity index (χ2n) is 3.48. The molecule has 3 heterocycles. The molecule has 1 aliphatic heterocycles. The summed E-state index contributed by atoms with van der Waals surface area (Å²) < 4.78 is 0. The van der Waals surface area contributed by atoms with E-state index in [4.69, 9.17) is 5.73 Å². The zero-order valence-corrected chi connectivity index (χ0v) is 7.67. The van der Waals surface area contributed by atoms with Gasteiger partial charge in [0.05, 0.1) is 11.8 Å². The molecule has 5 heteroatoms. The summed E-state index contributed by atoms with van der Waals surface area (Å²) in [5.41, 5.74) is 8.80. The maximum absolute atomic E-state index is 5.80. The molecule has 3 rings (SSSR count). The van der Waals surface area contributed by atoms with E-state index in [-0.39, 0.29) is 0 Å². The van der Waals surface area contributed by atoms with E-state index in [0.29, 0.717) is 5.82 Å². The van der Waals surface area contributed by atoms with Gasteiger partial charge in [-0.2, -0.15) is 0 Å². The van der Waals surface area contributed by atoms with Gasteiger partial charge in [0.2, 0.25) is 0 Å². The van der Waals surface area contributed by atoms with Crippen LogP contribution in [-0.2, 0) is 6.42 Å². The summed E-state index contributed by atoms with van der Waals surface area (Å²) in [5, 5.41) is 3.24. The van der Waals surface area contributed by atoms with Crippen molar-refractivity contribution in [3.63, 3.8) is 0 Å². The maximum Gasteiger partial charge on any atom is 0.151 e. The lowest BCUT2D eigenvalue weighted by Crippen LogP contribution is -2.14. The fourth-order valence-electron chi connectivity index (χ4n) is 1.93. The zero-order valence-electron chi connectivity index (χ0n) is 7.67. The Morgan fingerprint density at radius 1 is 1.43 bits per heavy atom. The number of aromatic amines is 1. The highest BCUT2D eigenvalue weighted by Gasteiger charge is 2.16. The summed E-state index contributed by atoms with van der Waals surface area (Å²) in [6.45, 7) is 0.968. The van der Waals surface area contributed by atoms with E-state index < -0.39 is 0 Å². The zero-order chi connectivity index (χ0) is 9.54. The highest BCUT2D eigenvalue weighted by Crippen LogP contribution is 2.28. The molecule has 72 valence electrons. The molecule has 5 nitrogen and oxygen atoms in total. The molecule has 1 aliphatic rings. The van der Waals surface area contributed by atoms with Crippen LogP contribution in [0.25, 0.3) is 11.0 Å². The number of nitrogens with zero attached hydrogens (tertiary/aromatic N) is 2. The van der Waals surface area contributed by atoms with Gasteiger partial charge in [-0.05, 0) is 12.8 Å². The largest absolute Gasteiger partial charge is 0.382 e. The SMILES string of the molecule is Nc1nc2c(c3nc[nH]c13)CCCN2. The lowest BCUT2D eigenvalue weighted by Gasteiger charge is -2.17. The molecular formula is C9H11N5. The summed E-state index contributed by atoms with van der Waals surface area (Å²) in [4.78, 5) is 11.6. The minimum atomic E-state index is 0.519. The fourth-order valence-corrected chi connectivity index (χ4v) is 1.93. The third kappa shape index (κ3) is 0.891. The van der Waals surface area contributed by atoms with Crippen LogP contribution in [0.5, 0.6) is 0 Å². The van der Waals surface area contributed by atoms with E-state index in [1.807, 2.05) is 0 Å². The summed E-state index contributed by atoms with van der Waals surface area (Å²) in [6.07, 6.45) is 3.81. The van der Waals surface area contributed by atoms with E-state index in [1.54, 1.807) is 6.33 Å². The number of nitrogens with one attached hydrogen (secondary N) is 2. The minimum absolute atomic E-state index is 0.519. The Hall–Kier alpha value is -1.78. The second kappa shape index (κ2) is 2.60. The van der Waals surface area contributed by atoms with Crippen molar-refractivity contribution in [1.82, 2.24) is 15.0 Å². The predicted octanol–water partition coefficient (Wildman–Crippen LogP) is 0.898. The molecule has 0 spiro atoms.